The molecule has 0 atom stereocenters. The molecule has 0 bridgehead atoms. The highest BCUT2D eigenvalue weighted by atomic mass is 16.5. The van der Waals surface area contributed by atoms with E-state index in [1.54, 1.807) is 42.5 Å². The maximum atomic E-state index is 13.3. The molecular weight excluding hydrogens is 406 g/mol. The van der Waals surface area contributed by atoms with Gasteiger partial charge in [-0.05, 0) is 50.2 Å². The van der Waals surface area contributed by atoms with Crippen LogP contribution in [0.3, 0.4) is 0 Å². The van der Waals surface area contributed by atoms with Crippen LogP contribution in [-0.2, 0) is 0 Å². The van der Waals surface area contributed by atoms with Gasteiger partial charge in [0.1, 0.15) is 0 Å². The van der Waals surface area contributed by atoms with E-state index in [-0.39, 0.29) is 16.9 Å². The standard InChI is InChI=1S/C25H23N3O4/c1-3-31-21-14-13-16(15-22(21)32-4-2)23(29)17-9-5-6-10-18(17)24(30)28-25-26-19-11-7-8-12-20(19)27-25/h5-15H,3-4H2,1-2H3,(H2,26,27,28,30). The molecule has 0 spiro atoms. The van der Waals surface area contributed by atoms with Crippen molar-refractivity contribution in [1.29, 1.82) is 0 Å². The lowest BCUT2D eigenvalue weighted by atomic mass is 9.97. The Kier molecular flexibility index (Phi) is 6.17. The third-order valence-corrected chi connectivity index (χ3v) is 4.84. The number of aromatic nitrogens is 2. The van der Waals surface area contributed by atoms with Gasteiger partial charge in [0.15, 0.2) is 17.3 Å². The highest BCUT2D eigenvalue weighted by Gasteiger charge is 2.20. The Labute approximate surface area is 185 Å². The molecule has 1 amide bonds. The zero-order valence-corrected chi connectivity index (χ0v) is 17.8. The van der Waals surface area contributed by atoms with Gasteiger partial charge in [-0.15, -0.1) is 0 Å². The van der Waals surface area contributed by atoms with Gasteiger partial charge in [-0.1, -0.05) is 30.3 Å². The van der Waals surface area contributed by atoms with Crippen molar-refractivity contribution in [1.82, 2.24) is 9.97 Å². The number of rotatable bonds is 8. The van der Waals surface area contributed by atoms with Gasteiger partial charge in [0.05, 0.1) is 29.8 Å². The number of benzene rings is 3. The lowest BCUT2D eigenvalue weighted by molar-refractivity contribution is 0.0995. The predicted octanol–water partition coefficient (Wildman–Crippen LogP) is 4.84. The number of carbonyl (C=O) groups is 2. The minimum Gasteiger partial charge on any atom is -0.490 e. The Hall–Kier alpha value is -4.13. The summed E-state index contributed by atoms with van der Waals surface area (Å²) in [6.45, 7) is 4.67. The number of nitrogens with zero attached hydrogens (tertiary/aromatic N) is 1. The van der Waals surface area contributed by atoms with Gasteiger partial charge < -0.3 is 14.5 Å². The third-order valence-electron chi connectivity index (χ3n) is 4.84. The van der Waals surface area contributed by atoms with Crippen LogP contribution in [0.1, 0.15) is 40.1 Å². The second-order valence-corrected chi connectivity index (χ2v) is 6.96. The highest BCUT2D eigenvalue weighted by molar-refractivity contribution is 6.17. The molecule has 0 saturated carbocycles. The molecule has 3 aromatic carbocycles. The van der Waals surface area contributed by atoms with Crippen molar-refractivity contribution in [3.63, 3.8) is 0 Å². The molecule has 0 aliphatic heterocycles. The SMILES string of the molecule is CCOc1ccc(C(=O)c2ccccc2C(=O)Nc2nc3ccccc3[nH]2)cc1OCC. The monoisotopic (exact) mass is 429 g/mol. The number of ether oxygens (including phenoxy) is 2. The fraction of sp³-hybridized carbons (Fsp3) is 0.160. The van der Waals surface area contributed by atoms with E-state index in [0.717, 1.165) is 11.0 Å². The van der Waals surface area contributed by atoms with Gasteiger partial charge in [0, 0.05) is 11.1 Å². The first-order chi connectivity index (χ1) is 15.6. The van der Waals surface area contributed by atoms with Crippen LogP contribution in [0, 0.1) is 0 Å². The summed E-state index contributed by atoms with van der Waals surface area (Å²) in [7, 11) is 0. The van der Waals surface area contributed by atoms with Crippen LogP contribution in [0.5, 0.6) is 11.5 Å². The van der Waals surface area contributed by atoms with Crippen molar-refractivity contribution < 1.29 is 19.1 Å². The van der Waals surface area contributed by atoms with E-state index >= 15 is 0 Å². The fourth-order valence-corrected chi connectivity index (χ4v) is 3.41. The number of hydrogen-bond acceptors (Lipinski definition) is 5. The van der Waals surface area contributed by atoms with Crippen LogP contribution < -0.4 is 14.8 Å². The molecule has 7 heteroatoms. The number of carbonyl (C=O) groups excluding carboxylic acids is 2. The van der Waals surface area contributed by atoms with Gasteiger partial charge in [-0.25, -0.2) is 4.98 Å². The molecule has 32 heavy (non-hydrogen) atoms. The molecule has 0 unspecified atom stereocenters. The number of para-hydroxylation sites is 2. The summed E-state index contributed by atoms with van der Waals surface area (Å²) in [5.74, 6) is 0.665. The zero-order valence-electron chi connectivity index (χ0n) is 17.8. The molecule has 162 valence electrons. The van der Waals surface area contributed by atoms with Gasteiger partial charge in [-0.2, -0.15) is 0 Å². The number of H-pyrrole nitrogens is 1. The molecule has 0 radical (unpaired) electrons. The van der Waals surface area contributed by atoms with Crippen LogP contribution in [0.25, 0.3) is 11.0 Å². The average Bonchev–Trinajstić information content (AvgIpc) is 3.22. The van der Waals surface area contributed by atoms with E-state index in [1.165, 1.54) is 0 Å². The molecule has 7 nitrogen and oxygen atoms in total. The molecule has 4 rings (SSSR count). The van der Waals surface area contributed by atoms with Crippen molar-refractivity contribution in [3.05, 3.63) is 83.4 Å². The largest absolute Gasteiger partial charge is 0.490 e. The topological polar surface area (TPSA) is 93.3 Å². The van der Waals surface area contributed by atoms with E-state index in [9.17, 15) is 9.59 Å². The molecule has 0 aliphatic rings. The summed E-state index contributed by atoms with van der Waals surface area (Å²) < 4.78 is 11.2. The normalized spacial score (nSPS) is 10.7. The minimum atomic E-state index is -0.427. The average molecular weight is 429 g/mol. The van der Waals surface area contributed by atoms with E-state index in [0.29, 0.717) is 36.2 Å². The predicted molar refractivity (Wildman–Crippen MR) is 123 cm³/mol. The number of amides is 1. The second-order valence-electron chi connectivity index (χ2n) is 6.96. The fourth-order valence-electron chi connectivity index (χ4n) is 3.41. The number of anilines is 1. The van der Waals surface area contributed by atoms with Crippen LogP contribution >= 0.6 is 0 Å². The highest BCUT2D eigenvalue weighted by Crippen LogP contribution is 2.30. The molecule has 4 aromatic rings. The third kappa shape index (κ3) is 4.32. The summed E-state index contributed by atoms with van der Waals surface area (Å²) in [6.07, 6.45) is 0. The Balaban J connectivity index is 1.63. The van der Waals surface area contributed by atoms with Crippen molar-refractivity contribution in [2.24, 2.45) is 0 Å². The quantitative estimate of drug-likeness (QED) is 0.391. The van der Waals surface area contributed by atoms with Crippen molar-refractivity contribution in [3.8, 4) is 11.5 Å². The lowest BCUT2D eigenvalue weighted by Gasteiger charge is -2.13. The van der Waals surface area contributed by atoms with Crippen molar-refractivity contribution >= 4 is 28.7 Å². The van der Waals surface area contributed by atoms with Crippen molar-refractivity contribution in [2.45, 2.75) is 13.8 Å². The molecule has 1 heterocycles. The van der Waals surface area contributed by atoms with E-state index in [2.05, 4.69) is 15.3 Å². The molecular formula is C25H23N3O4. The number of hydrogen-bond donors (Lipinski definition) is 2. The van der Waals surface area contributed by atoms with Crippen LogP contribution in [-0.4, -0.2) is 34.9 Å². The molecule has 0 saturated heterocycles. The van der Waals surface area contributed by atoms with Gasteiger partial charge in [0.25, 0.3) is 5.91 Å². The summed E-state index contributed by atoms with van der Waals surface area (Å²) in [5, 5.41) is 2.75. The lowest BCUT2D eigenvalue weighted by Crippen LogP contribution is -2.17. The number of fused-ring (bicyclic) bond motifs is 1. The smallest absolute Gasteiger partial charge is 0.258 e. The second kappa shape index (κ2) is 9.34. The maximum Gasteiger partial charge on any atom is 0.258 e. The summed E-state index contributed by atoms with van der Waals surface area (Å²) in [6, 6.07) is 19.2. The number of aromatic amines is 1. The van der Waals surface area contributed by atoms with Crippen LogP contribution in [0.2, 0.25) is 0 Å². The Morgan fingerprint density at radius 1 is 0.875 bits per heavy atom. The van der Waals surface area contributed by atoms with Gasteiger partial charge >= 0.3 is 0 Å². The van der Waals surface area contributed by atoms with Crippen LogP contribution in [0.15, 0.2) is 66.7 Å². The van der Waals surface area contributed by atoms with Gasteiger partial charge in [0.2, 0.25) is 5.95 Å². The Morgan fingerprint density at radius 2 is 1.56 bits per heavy atom. The Bertz CT molecular complexity index is 1250. The zero-order chi connectivity index (χ0) is 22.5. The number of imidazole rings is 1. The van der Waals surface area contributed by atoms with Crippen molar-refractivity contribution in [2.75, 3.05) is 18.5 Å². The maximum absolute atomic E-state index is 13.3. The van der Waals surface area contributed by atoms with E-state index in [4.69, 9.17) is 9.47 Å². The van der Waals surface area contributed by atoms with Gasteiger partial charge in [-0.3, -0.25) is 14.9 Å². The minimum absolute atomic E-state index is 0.254. The van der Waals surface area contributed by atoms with E-state index in [1.807, 2.05) is 38.1 Å². The molecule has 2 N–H and O–H groups in total. The first-order valence-corrected chi connectivity index (χ1v) is 10.4. The molecule has 1 aromatic heterocycles. The summed E-state index contributed by atoms with van der Waals surface area (Å²) in [4.78, 5) is 33.7. The van der Waals surface area contributed by atoms with Crippen LogP contribution in [0.4, 0.5) is 5.95 Å². The summed E-state index contributed by atoms with van der Waals surface area (Å²) >= 11 is 0. The first kappa shape index (κ1) is 21.1. The first-order valence-electron chi connectivity index (χ1n) is 10.4. The molecule has 0 aliphatic carbocycles. The Morgan fingerprint density at radius 3 is 2.31 bits per heavy atom. The number of nitrogens with one attached hydrogen (secondary N) is 2. The van der Waals surface area contributed by atoms with E-state index < -0.39 is 5.91 Å². The molecule has 0 fully saturated rings. The number of ketones is 1. The summed E-state index contributed by atoms with van der Waals surface area (Å²) in [5.41, 5.74) is 2.49.